The molecule has 1 atom stereocenters. The molecule has 132 valence electrons. The number of piperidine rings is 1. The predicted octanol–water partition coefficient (Wildman–Crippen LogP) is 3.45. The number of hydrogen-bond donors (Lipinski definition) is 1. The first-order valence-electron chi connectivity index (χ1n) is 8.52. The van der Waals surface area contributed by atoms with Gasteiger partial charge in [0.15, 0.2) is 6.10 Å². The summed E-state index contributed by atoms with van der Waals surface area (Å²) < 4.78 is 9.96. The maximum absolute atomic E-state index is 12.2. The summed E-state index contributed by atoms with van der Waals surface area (Å²) in [6, 6.07) is 9.23. The van der Waals surface area contributed by atoms with Gasteiger partial charge in [0.05, 0.1) is 11.8 Å². The largest absolute Gasteiger partial charge is 0.472 e. The lowest BCUT2D eigenvalue weighted by Gasteiger charge is -2.28. The van der Waals surface area contributed by atoms with Crippen LogP contribution in [-0.2, 0) is 9.53 Å². The van der Waals surface area contributed by atoms with E-state index in [1.807, 2.05) is 24.3 Å². The van der Waals surface area contributed by atoms with E-state index in [1.165, 1.54) is 44.8 Å². The highest BCUT2D eigenvalue weighted by Gasteiger charge is 2.20. The number of furan rings is 1. The molecule has 0 saturated carbocycles. The van der Waals surface area contributed by atoms with Crippen LogP contribution < -0.4 is 10.2 Å². The minimum atomic E-state index is -0.899. The molecular formula is C19H22N2O4. The van der Waals surface area contributed by atoms with Crippen LogP contribution >= 0.6 is 0 Å². The first-order chi connectivity index (χ1) is 12.1. The lowest BCUT2D eigenvalue weighted by molar-refractivity contribution is -0.123. The molecular weight excluding hydrogens is 320 g/mol. The van der Waals surface area contributed by atoms with Gasteiger partial charge in [-0.25, -0.2) is 4.79 Å². The molecule has 0 spiro atoms. The van der Waals surface area contributed by atoms with Crippen molar-refractivity contribution in [3.05, 3.63) is 48.4 Å². The third-order valence-electron chi connectivity index (χ3n) is 4.27. The number of carbonyl (C=O) groups excluding carboxylic acids is 2. The van der Waals surface area contributed by atoms with E-state index in [0.717, 1.165) is 18.8 Å². The Bertz CT molecular complexity index is 704. The number of esters is 1. The molecule has 2 aromatic rings. The second kappa shape index (κ2) is 7.88. The molecule has 1 aliphatic rings. The Morgan fingerprint density at radius 3 is 2.48 bits per heavy atom. The standard InChI is InChI=1S/C19H22N2O4/c1-14(25-19(23)15-9-12-24-13-15)18(22)20-16-5-7-17(8-6-16)21-10-3-2-4-11-21/h5-9,12-14H,2-4,10-11H2,1H3,(H,20,22). The van der Waals surface area contributed by atoms with Crippen LogP contribution in [0.5, 0.6) is 0 Å². The van der Waals surface area contributed by atoms with Crippen molar-refractivity contribution in [1.29, 1.82) is 0 Å². The second-order valence-corrected chi connectivity index (χ2v) is 6.14. The Morgan fingerprint density at radius 1 is 1.12 bits per heavy atom. The first-order valence-corrected chi connectivity index (χ1v) is 8.52. The smallest absolute Gasteiger partial charge is 0.342 e. The molecule has 25 heavy (non-hydrogen) atoms. The number of benzene rings is 1. The Hall–Kier alpha value is -2.76. The Kier molecular flexibility index (Phi) is 5.38. The summed E-state index contributed by atoms with van der Waals surface area (Å²) in [4.78, 5) is 26.4. The Labute approximate surface area is 146 Å². The lowest BCUT2D eigenvalue weighted by atomic mass is 10.1. The van der Waals surface area contributed by atoms with E-state index in [9.17, 15) is 9.59 Å². The molecule has 1 amide bonds. The van der Waals surface area contributed by atoms with E-state index in [2.05, 4.69) is 10.2 Å². The van der Waals surface area contributed by atoms with E-state index >= 15 is 0 Å². The van der Waals surface area contributed by atoms with E-state index in [1.54, 1.807) is 0 Å². The lowest BCUT2D eigenvalue weighted by Crippen LogP contribution is -2.30. The van der Waals surface area contributed by atoms with Crippen molar-refractivity contribution in [3.63, 3.8) is 0 Å². The van der Waals surface area contributed by atoms with Crippen molar-refractivity contribution >= 4 is 23.3 Å². The maximum Gasteiger partial charge on any atom is 0.342 e. The quantitative estimate of drug-likeness (QED) is 0.843. The van der Waals surface area contributed by atoms with Crippen LogP contribution in [0.25, 0.3) is 0 Å². The summed E-state index contributed by atoms with van der Waals surface area (Å²) in [6.07, 6.45) is 5.50. The summed E-state index contributed by atoms with van der Waals surface area (Å²) >= 11 is 0. The summed E-state index contributed by atoms with van der Waals surface area (Å²) in [5.74, 6) is -0.959. The SMILES string of the molecule is CC(OC(=O)c1ccoc1)C(=O)Nc1ccc(N2CCCCC2)cc1. The van der Waals surface area contributed by atoms with Gasteiger partial charge in [-0.2, -0.15) is 0 Å². The third-order valence-corrected chi connectivity index (χ3v) is 4.27. The highest BCUT2D eigenvalue weighted by molar-refractivity contribution is 5.97. The molecule has 1 N–H and O–H groups in total. The number of anilines is 2. The molecule has 6 nitrogen and oxygen atoms in total. The molecule has 1 fully saturated rings. The van der Waals surface area contributed by atoms with Crippen LogP contribution in [-0.4, -0.2) is 31.1 Å². The van der Waals surface area contributed by atoms with Crippen molar-refractivity contribution in [2.24, 2.45) is 0 Å². The van der Waals surface area contributed by atoms with Gasteiger partial charge in [-0.3, -0.25) is 4.79 Å². The third kappa shape index (κ3) is 4.41. The van der Waals surface area contributed by atoms with Gasteiger partial charge >= 0.3 is 5.97 Å². The number of hydrogen-bond acceptors (Lipinski definition) is 5. The van der Waals surface area contributed by atoms with Crippen LogP contribution in [0.15, 0.2) is 47.3 Å². The zero-order valence-corrected chi connectivity index (χ0v) is 14.2. The van der Waals surface area contributed by atoms with Crippen molar-refractivity contribution in [2.45, 2.75) is 32.3 Å². The molecule has 0 bridgehead atoms. The highest BCUT2D eigenvalue weighted by Crippen LogP contribution is 2.22. The van der Waals surface area contributed by atoms with Crippen LogP contribution in [0.4, 0.5) is 11.4 Å². The fraction of sp³-hybridized carbons (Fsp3) is 0.368. The van der Waals surface area contributed by atoms with Crippen LogP contribution in [0.2, 0.25) is 0 Å². The number of ether oxygens (including phenoxy) is 1. The van der Waals surface area contributed by atoms with Gasteiger partial charge in [0.1, 0.15) is 6.26 Å². The normalized spacial score (nSPS) is 15.5. The fourth-order valence-electron chi connectivity index (χ4n) is 2.81. The molecule has 1 aromatic heterocycles. The Morgan fingerprint density at radius 2 is 1.84 bits per heavy atom. The zero-order valence-electron chi connectivity index (χ0n) is 14.2. The average Bonchev–Trinajstić information content (AvgIpc) is 3.18. The molecule has 1 aliphatic heterocycles. The van der Waals surface area contributed by atoms with Crippen LogP contribution in [0.1, 0.15) is 36.5 Å². The van der Waals surface area contributed by atoms with E-state index in [-0.39, 0.29) is 11.5 Å². The van der Waals surface area contributed by atoms with Crippen molar-refractivity contribution in [3.8, 4) is 0 Å². The average molecular weight is 342 g/mol. The summed E-state index contributed by atoms with van der Waals surface area (Å²) in [5.41, 5.74) is 2.12. The summed E-state index contributed by atoms with van der Waals surface area (Å²) in [6.45, 7) is 3.69. The number of nitrogens with one attached hydrogen (secondary N) is 1. The molecule has 0 aliphatic carbocycles. The van der Waals surface area contributed by atoms with Crippen molar-refractivity contribution in [1.82, 2.24) is 0 Å². The van der Waals surface area contributed by atoms with Gasteiger partial charge in [0.2, 0.25) is 0 Å². The second-order valence-electron chi connectivity index (χ2n) is 6.14. The molecule has 0 radical (unpaired) electrons. The van der Waals surface area contributed by atoms with Crippen LogP contribution in [0.3, 0.4) is 0 Å². The van der Waals surface area contributed by atoms with Crippen LogP contribution in [0, 0.1) is 0 Å². The Balaban J connectivity index is 1.54. The number of nitrogens with zero attached hydrogens (tertiary/aromatic N) is 1. The van der Waals surface area contributed by atoms with Gasteiger partial charge in [-0.1, -0.05) is 0 Å². The molecule has 1 saturated heterocycles. The molecule has 6 heteroatoms. The molecule has 1 aromatic carbocycles. The minimum absolute atomic E-state index is 0.283. The van der Waals surface area contributed by atoms with Gasteiger partial charge in [0, 0.05) is 24.5 Å². The number of rotatable bonds is 5. The van der Waals surface area contributed by atoms with Crippen molar-refractivity contribution < 1.29 is 18.7 Å². The zero-order chi connectivity index (χ0) is 17.6. The predicted molar refractivity (Wildman–Crippen MR) is 94.7 cm³/mol. The molecule has 2 heterocycles. The van der Waals surface area contributed by atoms with E-state index in [4.69, 9.17) is 9.15 Å². The summed E-state index contributed by atoms with van der Waals surface area (Å²) in [7, 11) is 0. The fourth-order valence-corrected chi connectivity index (χ4v) is 2.81. The molecule has 3 rings (SSSR count). The molecule has 1 unspecified atom stereocenters. The number of amides is 1. The van der Waals surface area contributed by atoms with E-state index in [0.29, 0.717) is 5.69 Å². The summed E-state index contributed by atoms with van der Waals surface area (Å²) in [5, 5.41) is 2.76. The van der Waals surface area contributed by atoms with Gasteiger partial charge in [-0.15, -0.1) is 0 Å². The van der Waals surface area contributed by atoms with E-state index < -0.39 is 12.1 Å². The van der Waals surface area contributed by atoms with Gasteiger partial charge < -0.3 is 19.4 Å². The highest BCUT2D eigenvalue weighted by atomic mass is 16.5. The maximum atomic E-state index is 12.2. The van der Waals surface area contributed by atoms with Gasteiger partial charge in [0.25, 0.3) is 5.91 Å². The monoisotopic (exact) mass is 342 g/mol. The first kappa shape index (κ1) is 17.1. The minimum Gasteiger partial charge on any atom is -0.472 e. The van der Waals surface area contributed by atoms with Crippen molar-refractivity contribution in [2.75, 3.05) is 23.3 Å². The number of carbonyl (C=O) groups is 2. The topological polar surface area (TPSA) is 71.8 Å². The van der Waals surface area contributed by atoms with Gasteiger partial charge in [-0.05, 0) is 56.5 Å².